The lowest BCUT2D eigenvalue weighted by molar-refractivity contribution is -0.384. The maximum atomic E-state index is 13.0. The summed E-state index contributed by atoms with van der Waals surface area (Å²) in [6, 6.07) is 14.6. The van der Waals surface area contributed by atoms with Gasteiger partial charge in [0.05, 0.1) is 11.3 Å². The van der Waals surface area contributed by atoms with Crippen molar-refractivity contribution in [2.75, 3.05) is 12.3 Å². The van der Waals surface area contributed by atoms with E-state index in [1.807, 2.05) is 40.9 Å². The van der Waals surface area contributed by atoms with Gasteiger partial charge in [0.1, 0.15) is 5.37 Å². The molecule has 1 aliphatic rings. The highest BCUT2D eigenvalue weighted by Crippen LogP contribution is 2.39. The smallest absolute Gasteiger partial charge is 0.269 e. The number of para-hydroxylation sites is 1. The van der Waals surface area contributed by atoms with E-state index in [4.69, 9.17) is 0 Å². The van der Waals surface area contributed by atoms with Crippen LogP contribution in [0.25, 0.3) is 10.9 Å². The molecule has 1 saturated heterocycles. The average Bonchev–Trinajstić information content (AvgIpc) is 3.28. The molecule has 1 fully saturated rings. The minimum absolute atomic E-state index is 0.0652. The van der Waals surface area contributed by atoms with Gasteiger partial charge in [-0.1, -0.05) is 18.2 Å². The molecule has 2 aromatic carbocycles. The van der Waals surface area contributed by atoms with Crippen LogP contribution in [0.1, 0.15) is 16.5 Å². The molecule has 2 heterocycles. The molecule has 1 atom stereocenters. The van der Waals surface area contributed by atoms with Gasteiger partial charge in [-0.25, -0.2) is 0 Å². The summed E-state index contributed by atoms with van der Waals surface area (Å²) in [5, 5.41) is 11.9. The number of amides is 1. The normalized spacial score (nSPS) is 16.8. The summed E-state index contributed by atoms with van der Waals surface area (Å²) in [6.07, 6.45) is 2.37. The number of thioether (sulfide) groups is 1. The highest BCUT2D eigenvalue weighted by molar-refractivity contribution is 7.99. The molecule has 7 heteroatoms. The van der Waals surface area contributed by atoms with Gasteiger partial charge in [-0.3, -0.25) is 14.9 Å². The van der Waals surface area contributed by atoms with E-state index in [0.717, 1.165) is 27.8 Å². The molecule has 3 aromatic rings. The lowest BCUT2D eigenvalue weighted by atomic mass is 10.1. The average molecular weight is 381 g/mol. The maximum Gasteiger partial charge on any atom is 0.269 e. The third kappa shape index (κ3) is 3.30. The van der Waals surface area contributed by atoms with Crippen LogP contribution in [0.4, 0.5) is 5.69 Å². The summed E-state index contributed by atoms with van der Waals surface area (Å²) < 4.78 is 2.05. The van der Waals surface area contributed by atoms with Crippen LogP contribution in [0, 0.1) is 10.1 Å². The Morgan fingerprint density at radius 1 is 1.22 bits per heavy atom. The highest BCUT2D eigenvalue weighted by Gasteiger charge is 2.31. The molecule has 1 amide bonds. The maximum absolute atomic E-state index is 13.0. The van der Waals surface area contributed by atoms with Gasteiger partial charge in [0.2, 0.25) is 5.91 Å². The monoisotopic (exact) mass is 381 g/mol. The molecule has 0 N–H and O–H groups in total. The Labute approximate surface area is 160 Å². The third-order valence-corrected chi connectivity index (χ3v) is 6.18. The summed E-state index contributed by atoms with van der Waals surface area (Å²) in [4.78, 5) is 25.3. The minimum Gasteiger partial charge on any atom is -0.350 e. The quantitative estimate of drug-likeness (QED) is 0.508. The zero-order valence-corrected chi connectivity index (χ0v) is 15.7. The van der Waals surface area contributed by atoms with E-state index in [1.54, 1.807) is 23.9 Å². The number of aryl methyl sites for hydroxylation is 1. The number of hydrogen-bond acceptors (Lipinski definition) is 4. The molecule has 1 aromatic heterocycles. The van der Waals surface area contributed by atoms with Gasteiger partial charge in [-0.2, -0.15) is 0 Å². The Bertz CT molecular complexity index is 1010. The lowest BCUT2D eigenvalue weighted by Gasteiger charge is -2.24. The van der Waals surface area contributed by atoms with E-state index >= 15 is 0 Å². The Hall–Kier alpha value is -2.80. The van der Waals surface area contributed by atoms with Gasteiger partial charge in [0.15, 0.2) is 0 Å². The van der Waals surface area contributed by atoms with E-state index in [1.165, 1.54) is 12.1 Å². The molecule has 27 heavy (non-hydrogen) atoms. The van der Waals surface area contributed by atoms with Gasteiger partial charge in [-0.05, 0) is 29.3 Å². The van der Waals surface area contributed by atoms with Crippen LogP contribution in [0.5, 0.6) is 0 Å². The van der Waals surface area contributed by atoms with E-state index in [2.05, 4.69) is 6.07 Å². The molecule has 0 saturated carbocycles. The Morgan fingerprint density at radius 3 is 2.70 bits per heavy atom. The first-order valence-electron chi connectivity index (χ1n) is 8.73. The molecule has 4 rings (SSSR count). The van der Waals surface area contributed by atoms with Crippen LogP contribution in [0.15, 0.2) is 54.7 Å². The van der Waals surface area contributed by atoms with Crippen molar-refractivity contribution in [2.45, 2.75) is 11.8 Å². The molecule has 1 unspecified atom stereocenters. The molecule has 1 aliphatic heterocycles. The Balaban J connectivity index is 1.56. The second kappa shape index (κ2) is 7.08. The van der Waals surface area contributed by atoms with Crippen LogP contribution in [0.2, 0.25) is 0 Å². The highest BCUT2D eigenvalue weighted by atomic mass is 32.2. The zero-order chi connectivity index (χ0) is 19.0. The van der Waals surface area contributed by atoms with Crippen LogP contribution in [0.3, 0.4) is 0 Å². The molecular weight excluding hydrogens is 362 g/mol. The summed E-state index contributed by atoms with van der Waals surface area (Å²) in [7, 11) is 1.99. The Morgan fingerprint density at radius 2 is 1.96 bits per heavy atom. The van der Waals surface area contributed by atoms with Crippen molar-refractivity contribution in [3.05, 3.63) is 76.0 Å². The fourth-order valence-corrected chi connectivity index (χ4v) is 4.87. The zero-order valence-electron chi connectivity index (χ0n) is 14.9. The topological polar surface area (TPSA) is 68.4 Å². The minimum atomic E-state index is -0.408. The Kier molecular flexibility index (Phi) is 4.61. The summed E-state index contributed by atoms with van der Waals surface area (Å²) >= 11 is 1.70. The van der Waals surface area contributed by atoms with E-state index in [9.17, 15) is 14.9 Å². The predicted molar refractivity (Wildman–Crippen MR) is 107 cm³/mol. The number of aromatic nitrogens is 1. The fraction of sp³-hybridized carbons (Fsp3) is 0.250. The first-order chi connectivity index (χ1) is 13.0. The van der Waals surface area contributed by atoms with Crippen molar-refractivity contribution >= 4 is 34.3 Å². The summed E-state index contributed by atoms with van der Waals surface area (Å²) in [5.41, 5.74) is 3.13. The summed E-state index contributed by atoms with van der Waals surface area (Å²) in [5.74, 6) is 0.947. The number of carbonyl (C=O) groups is 1. The molecule has 0 bridgehead atoms. The van der Waals surface area contributed by atoms with E-state index in [0.29, 0.717) is 13.0 Å². The van der Waals surface area contributed by atoms with Crippen molar-refractivity contribution in [1.82, 2.24) is 9.47 Å². The van der Waals surface area contributed by atoms with Crippen molar-refractivity contribution < 1.29 is 9.72 Å². The standard InChI is InChI=1S/C20H19N3O3S/c1-21-13-15(17-4-2-3-5-18(17)21)12-19(24)22-10-11-27-20(22)14-6-8-16(9-7-14)23(25)26/h2-9,13,20H,10-12H2,1H3. The number of rotatable bonds is 4. The van der Waals surface area contributed by atoms with E-state index in [-0.39, 0.29) is 17.0 Å². The number of fused-ring (bicyclic) bond motifs is 1. The van der Waals surface area contributed by atoms with Crippen LogP contribution >= 0.6 is 11.8 Å². The number of nitro groups is 1. The molecular formula is C20H19N3O3S. The molecule has 0 spiro atoms. The SMILES string of the molecule is Cn1cc(CC(=O)N2CCSC2c2ccc([N+](=O)[O-])cc2)c2ccccc21. The second-order valence-electron chi connectivity index (χ2n) is 6.62. The van der Waals surface area contributed by atoms with Crippen molar-refractivity contribution in [3.8, 4) is 0 Å². The van der Waals surface area contributed by atoms with Crippen LogP contribution < -0.4 is 0 Å². The van der Waals surface area contributed by atoms with Crippen molar-refractivity contribution in [3.63, 3.8) is 0 Å². The van der Waals surface area contributed by atoms with E-state index < -0.39 is 4.92 Å². The third-order valence-electron chi connectivity index (χ3n) is 4.92. The second-order valence-corrected chi connectivity index (χ2v) is 7.81. The largest absolute Gasteiger partial charge is 0.350 e. The fourth-order valence-electron chi connectivity index (χ4n) is 3.59. The number of carbonyl (C=O) groups excluding carboxylic acids is 1. The van der Waals surface area contributed by atoms with Crippen LogP contribution in [-0.4, -0.2) is 32.6 Å². The van der Waals surface area contributed by atoms with Gasteiger partial charge in [-0.15, -0.1) is 11.8 Å². The lowest BCUT2D eigenvalue weighted by Crippen LogP contribution is -2.31. The molecule has 6 nitrogen and oxygen atoms in total. The number of benzene rings is 2. The van der Waals surface area contributed by atoms with Gasteiger partial charge >= 0.3 is 0 Å². The summed E-state index contributed by atoms with van der Waals surface area (Å²) in [6.45, 7) is 0.690. The van der Waals surface area contributed by atoms with Gasteiger partial charge in [0.25, 0.3) is 5.69 Å². The molecule has 0 aliphatic carbocycles. The molecule has 138 valence electrons. The van der Waals surface area contributed by atoms with Gasteiger partial charge in [0, 0.05) is 48.6 Å². The van der Waals surface area contributed by atoms with Crippen LogP contribution in [-0.2, 0) is 18.3 Å². The number of nitro benzene ring substituents is 1. The number of hydrogen-bond donors (Lipinski definition) is 0. The first-order valence-corrected chi connectivity index (χ1v) is 9.78. The van der Waals surface area contributed by atoms with Crippen molar-refractivity contribution in [2.24, 2.45) is 7.05 Å². The predicted octanol–water partition coefficient (Wildman–Crippen LogP) is 3.90. The number of non-ortho nitro benzene ring substituents is 1. The molecule has 0 radical (unpaired) electrons. The first kappa shape index (κ1) is 17.6. The van der Waals surface area contributed by atoms with Gasteiger partial charge < -0.3 is 9.47 Å². The van der Waals surface area contributed by atoms with Crippen molar-refractivity contribution in [1.29, 1.82) is 0 Å². The number of nitrogens with zero attached hydrogens (tertiary/aromatic N) is 3.